The average Bonchev–Trinajstić information content (AvgIpc) is 2.73. The molecule has 3 rings (SSSR count). The largest absolute Gasteiger partial charge is 0.417 e. The van der Waals surface area contributed by atoms with Crippen LogP contribution in [0.15, 0.2) is 39.5 Å². The molecule has 1 heterocycles. The van der Waals surface area contributed by atoms with E-state index in [1.807, 2.05) is 6.92 Å². The van der Waals surface area contributed by atoms with Crippen molar-refractivity contribution < 1.29 is 8.81 Å². The third-order valence-corrected chi connectivity index (χ3v) is 3.06. The molecule has 102 valence electrons. The van der Waals surface area contributed by atoms with Gasteiger partial charge in [0.05, 0.1) is 16.9 Å². The Labute approximate surface area is 113 Å². The maximum Gasteiger partial charge on any atom is 0.417 e. The Balaban J connectivity index is 2.07. The molecule has 3 aromatic rings. The van der Waals surface area contributed by atoms with Crippen LogP contribution in [-0.4, -0.2) is 4.98 Å². The van der Waals surface area contributed by atoms with Crippen molar-refractivity contribution in [3.8, 4) is 0 Å². The maximum atomic E-state index is 13.3. The van der Waals surface area contributed by atoms with Crippen LogP contribution in [-0.2, 0) is 0 Å². The Hall–Kier alpha value is -2.76. The van der Waals surface area contributed by atoms with E-state index >= 15 is 0 Å². The zero-order valence-electron chi connectivity index (χ0n) is 10.7. The lowest BCUT2D eigenvalue weighted by Gasteiger charge is -2.11. The number of fused-ring (bicyclic) bond motifs is 1. The molecule has 20 heavy (non-hydrogen) atoms. The van der Waals surface area contributed by atoms with Crippen molar-refractivity contribution in [3.05, 3.63) is 52.3 Å². The molecule has 0 amide bonds. The first-order chi connectivity index (χ1) is 9.52. The van der Waals surface area contributed by atoms with Crippen LogP contribution >= 0.6 is 0 Å². The number of anilines is 3. The van der Waals surface area contributed by atoms with Crippen molar-refractivity contribution in [1.29, 1.82) is 0 Å². The molecule has 0 bridgehead atoms. The zero-order valence-corrected chi connectivity index (χ0v) is 10.7. The minimum Gasteiger partial charge on any atom is -0.408 e. The Morgan fingerprint density at radius 2 is 2.05 bits per heavy atom. The Morgan fingerprint density at radius 1 is 1.25 bits per heavy atom. The molecule has 0 unspecified atom stereocenters. The molecule has 0 radical (unpaired) electrons. The predicted molar refractivity (Wildman–Crippen MR) is 75.7 cm³/mol. The number of rotatable bonds is 2. The highest BCUT2D eigenvalue weighted by Gasteiger charge is 2.08. The number of halogens is 1. The van der Waals surface area contributed by atoms with E-state index in [4.69, 9.17) is 10.2 Å². The lowest BCUT2D eigenvalue weighted by Crippen LogP contribution is -1.98. The van der Waals surface area contributed by atoms with E-state index in [2.05, 4.69) is 10.3 Å². The second kappa shape index (κ2) is 4.41. The van der Waals surface area contributed by atoms with Crippen LogP contribution in [0.3, 0.4) is 0 Å². The molecule has 0 spiro atoms. The third-order valence-electron chi connectivity index (χ3n) is 3.06. The summed E-state index contributed by atoms with van der Waals surface area (Å²) in [5.74, 6) is -0.882. The molecule has 0 atom stereocenters. The lowest BCUT2D eigenvalue weighted by molar-refractivity contribution is 0.555. The van der Waals surface area contributed by atoms with Gasteiger partial charge in [0.15, 0.2) is 5.58 Å². The van der Waals surface area contributed by atoms with Crippen molar-refractivity contribution in [3.63, 3.8) is 0 Å². The number of oxazole rings is 1. The van der Waals surface area contributed by atoms with Crippen LogP contribution in [0, 0.1) is 12.7 Å². The number of aromatic amines is 1. The molecule has 0 saturated heterocycles. The van der Waals surface area contributed by atoms with Crippen LogP contribution in [0.4, 0.5) is 21.5 Å². The van der Waals surface area contributed by atoms with Gasteiger partial charge in [0.25, 0.3) is 0 Å². The molecule has 0 aliphatic carbocycles. The van der Waals surface area contributed by atoms with Crippen LogP contribution in [0.25, 0.3) is 11.1 Å². The van der Waals surface area contributed by atoms with Crippen molar-refractivity contribution >= 4 is 28.2 Å². The minimum absolute atomic E-state index is 0.338. The van der Waals surface area contributed by atoms with Gasteiger partial charge in [-0.15, -0.1) is 0 Å². The van der Waals surface area contributed by atoms with Gasteiger partial charge in [-0.1, -0.05) is 6.07 Å². The molecule has 4 N–H and O–H groups in total. The summed E-state index contributed by atoms with van der Waals surface area (Å²) in [6, 6.07) is 7.65. The maximum absolute atomic E-state index is 13.3. The van der Waals surface area contributed by atoms with E-state index in [0.29, 0.717) is 28.2 Å². The van der Waals surface area contributed by atoms with E-state index in [0.717, 1.165) is 5.56 Å². The molecule has 0 aliphatic heterocycles. The summed E-state index contributed by atoms with van der Waals surface area (Å²) in [5, 5.41) is 3.05. The van der Waals surface area contributed by atoms with Gasteiger partial charge >= 0.3 is 5.76 Å². The van der Waals surface area contributed by atoms with Crippen molar-refractivity contribution in [2.45, 2.75) is 6.92 Å². The fraction of sp³-hybridized carbons (Fsp3) is 0.0714. The Bertz CT molecular complexity index is 851. The normalized spacial score (nSPS) is 10.9. The topological polar surface area (TPSA) is 84.0 Å². The van der Waals surface area contributed by atoms with Gasteiger partial charge in [-0.3, -0.25) is 4.98 Å². The minimum atomic E-state index is -0.543. The Kier molecular flexibility index (Phi) is 2.71. The molecule has 5 nitrogen and oxygen atoms in total. The summed E-state index contributed by atoms with van der Waals surface area (Å²) in [5.41, 5.74) is 9.28. The molecule has 2 aromatic carbocycles. The number of aromatic nitrogens is 1. The number of hydrogen-bond acceptors (Lipinski definition) is 4. The van der Waals surface area contributed by atoms with E-state index < -0.39 is 5.76 Å². The van der Waals surface area contributed by atoms with Crippen LogP contribution in [0.5, 0.6) is 0 Å². The van der Waals surface area contributed by atoms with Crippen LogP contribution in [0.1, 0.15) is 5.56 Å². The lowest BCUT2D eigenvalue weighted by atomic mass is 10.1. The number of nitrogen functional groups attached to an aromatic ring is 1. The van der Waals surface area contributed by atoms with Gasteiger partial charge < -0.3 is 15.5 Å². The summed E-state index contributed by atoms with van der Waals surface area (Å²) in [6.07, 6.45) is 0. The van der Waals surface area contributed by atoms with E-state index in [1.54, 1.807) is 18.2 Å². The first-order valence-corrected chi connectivity index (χ1v) is 5.98. The van der Waals surface area contributed by atoms with E-state index in [1.165, 1.54) is 12.1 Å². The highest BCUT2D eigenvalue weighted by atomic mass is 19.1. The number of benzene rings is 2. The van der Waals surface area contributed by atoms with Gasteiger partial charge in [0, 0.05) is 11.8 Å². The summed E-state index contributed by atoms with van der Waals surface area (Å²) in [6.45, 7) is 1.86. The number of nitrogens with one attached hydrogen (secondary N) is 2. The van der Waals surface area contributed by atoms with Gasteiger partial charge in [0.2, 0.25) is 0 Å². The number of H-pyrrole nitrogens is 1. The van der Waals surface area contributed by atoms with Crippen LogP contribution in [0.2, 0.25) is 0 Å². The summed E-state index contributed by atoms with van der Waals surface area (Å²) >= 11 is 0. The fourth-order valence-corrected chi connectivity index (χ4v) is 2.00. The van der Waals surface area contributed by atoms with Crippen molar-refractivity contribution in [1.82, 2.24) is 4.98 Å². The summed E-state index contributed by atoms with van der Waals surface area (Å²) in [7, 11) is 0. The third kappa shape index (κ3) is 2.11. The zero-order chi connectivity index (χ0) is 14.3. The predicted octanol–water partition coefficient (Wildman–Crippen LogP) is 2.89. The molecule has 0 saturated carbocycles. The monoisotopic (exact) mass is 273 g/mol. The standard InChI is InChI=1S/C14H12FN3O2/c1-7-2-3-8(15)4-10(7)17-11-6-12-13(5-9(11)16)20-14(19)18-12/h2-6,17H,16H2,1H3,(H,18,19). The second-order valence-corrected chi connectivity index (χ2v) is 4.53. The van der Waals surface area contributed by atoms with Gasteiger partial charge in [0.1, 0.15) is 5.82 Å². The summed E-state index contributed by atoms with van der Waals surface area (Å²) < 4.78 is 18.2. The van der Waals surface area contributed by atoms with Gasteiger partial charge in [-0.05, 0) is 30.7 Å². The molecular weight excluding hydrogens is 261 g/mol. The van der Waals surface area contributed by atoms with Crippen LogP contribution < -0.4 is 16.8 Å². The number of nitrogens with two attached hydrogens (primary N) is 1. The van der Waals surface area contributed by atoms with E-state index in [-0.39, 0.29) is 5.82 Å². The number of hydrogen-bond donors (Lipinski definition) is 3. The Morgan fingerprint density at radius 3 is 2.85 bits per heavy atom. The SMILES string of the molecule is Cc1ccc(F)cc1Nc1cc2[nH]c(=O)oc2cc1N. The molecule has 6 heteroatoms. The smallest absolute Gasteiger partial charge is 0.408 e. The molecule has 1 aromatic heterocycles. The highest BCUT2D eigenvalue weighted by molar-refractivity contribution is 5.87. The van der Waals surface area contributed by atoms with Crippen molar-refractivity contribution in [2.75, 3.05) is 11.1 Å². The van der Waals surface area contributed by atoms with E-state index in [9.17, 15) is 9.18 Å². The molecule has 0 aliphatic rings. The highest BCUT2D eigenvalue weighted by Crippen LogP contribution is 2.29. The quantitative estimate of drug-likeness (QED) is 0.627. The van der Waals surface area contributed by atoms with Gasteiger partial charge in [-0.25, -0.2) is 9.18 Å². The molecule has 0 fully saturated rings. The fourth-order valence-electron chi connectivity index (χ4n) is 2.00. The van der Waals surface area contributed by atoms with Gasteiger partial charge in [-0.2, -0.15) is 0 Å². The second-order valence-electron chi connectivity index (χ2n) is 4.53. The average molecular weight is 273 g/mol. The van der Waals surface area contributed by atoms with Crippen molar-refractivity contribution in [2.24, 2.45) is 0 Å². The number of aryl methyl sites for hydroxylation is 1. The first kappa shape index (κ1) is 12.3. The first-order valence-electron chi connectivity index (χ1n) is 5.98. The molecular formula is C14H12FN3O2. The summed E-state index contributed by atoms with van der Waals surface area (Å²) in [4.78, 5) is 13.7.